The van der Waals surface area contributed by atoms with Crippen LogP contribution in [-0.4, -0.2) is 18.4 Å². The fourth-order valence-corrected chi connectivity index (χ4v) is 2.64. The molecule has 0 fully saturated rings. The van der Waals surface area contributed by atoms with Gasteiger partial charge in [-0.3, -0.25) is 5.43 Å². The van der Waals surface area contributed by atoms with Gasteiger partial charge in [-0.05, 0) is 53.7 Å². The maximum atomic E-state index is 5.86. The molecule has 28 heavy (non-hydrogen) atoms. The van der Waals surface area contributed by atoms with Crippen LogP contribution in [0.5, 0.6) is 11.5 Å². The molecule has 0 aliphatic carbocycles. The SMILES string of the molecule is COc1cc(/C=N/NC(=S)Nc2ccccc2)ccc1OCc1ccccc1. The smallest absolute Gasteiger partial charge is 0.191 e. The number of anilines is 1. The highest BCUT2D eigenvalue weighted by Crippen LogP contribution is 2.28. The van der Waals surface area contributed by atoms with Gasteiger partial charge in [-0.1, -0.05) is 48.5 Å². The first-order valence-electron chi connectivity index (χ1n) is 8.74. The highest BCUT2D eigenvalue weighted by molar-refractivity contribution is 7.80. The zero-order valence-corrected chi connectivity index (χ0v) is 16.3. The Morgan fingerprint density at radius 1 is 0.964 bits per heavy atom. The van der Waals surface area contributed by atoms with Crippen LogP contribution in [0.25, 0.3) is 0 Å². The summed E-state index contributed by atoms with van der Waals surface area (Å²) in [6.07, 6.45) is 1.67. The van der Waals surface area contributed by atoms with Crippen molar-refractivity contribution in [1.82, 2.24) is 5.43 Å². The summed E-state index contributed by atoms with van der Waals surface area (Å²) < 4.78 is 11.3. The molecule has 2 N–H and O–H groups in total. The van der Waals surface area contributed by atoms with Gasteiger partial charge in [-0.2, -0.15) is 5.10 Å². The Bertz CT molecular complexity index is 931. The zero-order valence-electron chi connectivity index (χ0n) is 15.5. The quantitative estimate of drug-likeness (QED) is 0.350. The normalized spacial score (nSPS) is 10.5. The van der Waals surface area contributed by atoms with E-state index in [9.17, 15) is 0 Å². The van der Waals surface area contributed by atoms with Crippen molar-refractivity contribution < 1.29 is 9.47 Å². The molecular formula is C22H21N3O2S. The number of ether oxygens (including phenoxy) is 2. The molecule has 0 radical (unpaired) electrons. The minimum Gasteiger partial charge on any atom is -0.493 e. The number of thiocarbonyl (C=S) groups is 1. The van der Waals surface area contributed by atoms with E-state index >= 15 is 0 Å². The van der Waals surface area contributed by atoms with Crippen LogP contribution < -0.4 is 20.2 Å². The minimum atomic E-state index is 0.414. The topological polar surface area (TPSA) is 54.9 Å². The molecule has 0 saturated carbocycles. The lowest BCUT2D eigenvalue weighted by Crippen LogP contribution is -2.23. The van der Waals surface area contributed by atoms with Gasteiger partial charge in [0.25, 0.3) is 0 Å². The molecule has 5 nitrogen and oxygen atoms in total. The second kappa shape index (κ2) is 10.1. The van der Waals surface area contributed by atoms with Crippen LogP contribution in [0.2, 0.25) is 0 Å². The standard InChI is InChI=1S/C22H21N3O2S/c1-26-21-14-18(12-13-20(21)27-16-17-8-4-2-5-9-17)15-23-25-22(28)24-19-10-6-3-7-11-19/h2-15H,16H2,1H3,(H2,24,25,28)/b23-15+. The van der Waals surface area contributed by atoms with E-state index in [1.54, 1.807) is 13.3 Å². The molecule has 0 bridgehead atoms. The van der Waals surface area contributed by atoms with Crippen LogP contribution in [0.3, 0.4) is 0 Å². The molecule has 142 valence electrons. The molecule has 0 aromatic heterocycles. The summed E-state index contributed by atoms with van der Waals surface area (Å²) in [5, 5.41) is 7.63. The van der Waals surface area contributed by atoms with Crippen LogP contribution in [-0.2, 0) is 6.61 Å². The summed E-state index contributed by atoms with van der Waals surface area (Å²) in [6.45, 7) is 0.478. The van der Waals surface area contributed by atoms with Crippen LogP contribution in [0.1, 0.15) is 11.1 Å². The number of hydrogen-bond acceptors (Lipinski definition) is 4. The Hall–Kier alpha value is -3.38. The lowest BCUT2D eigenvalue weighted by atomic mass is 10.2. The van der Waals surface area contributed by atoms with Crippen LogP contribution in [0, 0.1) is 0 Å². The molecule has 0 amide bonds. The van der Waals surface area contributed by atoms with Crippen molar-refractivity contribution in [3.05, 3.63) is 90.0 Å². The molecule has 6 heteroatoms. The predicted octanol–water partition coefficient (Wildman–Crippen LogP) is 4.59. The first kappa shape index (κ1) is 19.4. The summed E-state index contributed by atoms with van der Waals surface area (Å²) in [4.78, 5) is 0. The summed E-state index contributed by atoms with van der Waals surface area (Å²) >= 11 is 5.22. The van der Waals surface area contributed by atoms with E-state index in [-0.39, 0.29) is 0 Å². The molecule has 3 aromatic rings. The van der Waals surface area contributed by atoms with Gasteiger partial charge in [0, 0.05) is 5.69 Å². The van der Waals surface area contributed by atoms with Crippen LogP contribution in [0.15, 0.2) is 84.0 Å². The van der Waals surface area contributed by atoms with Crippen molar-refractivity contribution in [2.45, 2.75) is 6.61 Å². The van der Waals surface area contributed by atoms with Gasteiger partial charge in [-0.15, -0.1) is 0 Å². The number of nitrogens with zero attached hydrogens (tertiary/aromatic N) is 1. The van der Waals surface area contributed by atoms with Crippen molar-refractivity contribution in [3.63, 3.8) is 0 Å². The average Bonchev–Trinajstić information content (AvgIpc) is 2.74. The van der Waals surface area contributed by atoms with E-state index in [2.05, 4.69) is 15.8 Å². The fourth-order valence-electron chi connectivity index (χ4n) is 2.47. The van der Waals surface area contributed by atoms with Gasteiger partial charge in [0.2, 0.25) is 0 Å². The number of methoxy groups -OCH3 is 1. The van der Waals surface area contributed by atoms with E-state index in [0.29, 0.717) is 23.2 Å². The van der Waals surface area contributed by atoms with E-state index in [4.69, 9.17) is 21.7 Å². The third kappa shape index (κ3) is 5.82. The van der Waals surface area contributed by atoms with Gasteiger partial charge >= 0.3 is 0 Å². The second-order valence-electron chi connectivity index (χ2n) is 5.87. The van der Waals surface area contributed by atoms with E-state index < -0.39 is 0 Å². The molecule has 3 rings (SSSR count). The highest BCUT2D eigenvalue weighted by atomic mass is 32.1. The second-order valence-corrected chi connectivity index (χ2v) is 6.28. The number of benzene rings is 3. The minimum absolute atomic E-state index is 0.414. The molecular weight excluding hydrogens is 370 g/mol. The molecule has 3 aromatic carbocycles. The lowest BCUT2D eigenvalue weighted by molar-refractivity contribution is 0.284. The Morgan fingerprint density at radius 3 is 2.39 bits per heavy atom. The summed E-state index contributed by atoms with van der Waals surface area (Å²) in [5.41, 5.74) is 5.65. The van der Waals surface area contributed by atoms with Crippen molar-refractivity contribution in [1.29, 1.82) is 0 Å². The van der Waals surface area contributed by atoms with Crippen LogP contribution in [0.4, 0.5) is 5.69 Å². The summed E-state index contributed by atoms with van der Waals surface area (Å²) in [5.74, 6) is 1.32. The Labute approximate surface area is 170 Å². The molecule has 0 atom stereocenters. The molecule has 0 spiro atoms. The van der Waals surface area contributed by atoms with Crippen molar-refractivity contribution in [2.75, 3.05) is 12.4 Å². The largest absolute Gasteiger partial charge is 0.493 e. The molecule has 0 unspecified atom stereocenters. The Balaban J connectivity index is 1.56. The molecule has 0 saturated heterocycles. The monoisotopic (exact) mass is 391 g/mol. The molecule has 0 heterocycles. The number of para-hydroxylation sites is 1. The van der Waals surface area contributed by atoms with Gasteiger partial charge in [0.05, 0.1) is 13.3 Å². The third-order valence-electron chi connectivity index (χ3n) is 3.84. The number of hydrogen-bond donors (Lipinski definition) is 2. The molecule has 0 aliphatic rings. The van der Waals surface area contributed by atoms with Crippen molar-refractivity contribution in [2.24, 2.45) is 5.10 Å². The van der Waals surface area contributed by atoms with Gasteiger partial charge < -0.3 is 14.8 Å². The van der Waals surface area contributed by atoms with E-state index in [1.165, 1.54) is 0 Å². The highest BCUT2D eigenvalue weighted by Gasteiger charge is 2.05. The van der Waals surface area contributed by atoms with Gasteiger partial charge in [0.1, 0.15) is 6.61 Å². The fraction of sp³-hybridized carbons (Fsp3) is 0.0909. The first-order chi connectivity index (χ1) is 13.7. The van der Waals surface area contributed by atoms with Gasteiger partial charge in [-0.25, -0.2) is 0 Å². The van der Waals surface area contributed by atoms with Crippen molar-refractivity contribution in [3.8, 4) is 11.5 Å². The number of rotatable bonds is 7. The lowest BCUT2D eigenvalue weighted by Gasteiger charge is -2.11. The van der Waals surface area contributed by atoms with Gasteiger partial charge in [0.15, 0.2) is 16.6 Å². The Morgan fingerprint density at radius 2 is 1.68 bits per heavy atom. The van der Waals surface area contributed by atoms with E-state index in [0.717, 1.165) is 16.8 Å². The predicted molar refractivity (Wildman–Crippen MR) is 117 cm³/mol. The van der Waals surface area contributed by atoms with E-state index in [1.807, 2.05) is 78.9 Å². The Kier molecular flexibility index (Phi) is 6.98. The molecule has 0 aliphatic heterocycles. The zero-order chi connectivity index (χ0) is 19.6. The first-order valence-corrected chi connectivity index (χ1v) is 9.15. The van der Waals surface area contributed by atoms with Crippen LogP contribution >= 0.6 is 12.2 Å². The summed E-state index contributed by atoms with van der Waals surface area (Å²) in [7, 11) is 1.61. The summed E-state index contributed by atoms with van der Waals surface area (Å²) in [6, 6.07) is 25.3. The maximum Gasteiger partial charge on any atom is 0.191 e. The number of hydrazone groups is 1. The third-order valence-corrected chi connectivity index (χ3v) is 4.03. The average molecular weight is 391 g/mol. The number of nitrogens with one attached hydrogen (secondary N) is 2. The van der Waals surface area contributed by atoms with Crippen molar-refractivity contribution >= 4 is 29.2 Å². The maximum absolute atomic E-state index is 5.86.